The van der Waals surface area contributed by atoms with E-state index < -0.39 is 0 Å². The first kappa shape index (κ1) is 17.9. The van der Waals surface area contributed by atoms with E-state index in [2.05, 4.69) is 39.5 Å². The summed E-state index contributed by atoms with van der Waals surface area (Å²) in [6, 6.07) is 16.0. The number of benzene rings is 2. The fraction of sp³-hybridized carbons (Fsp3) is 0.190. The molecule has 2 N–H and O–H groups in total. The van der Waals surface area contributed by atoms with Crippen LogP contribution in [0.1, 0.15) is 13.8 Å². The Bertz CT molecular complexity index is 1070. The zero-order valence-corrected chi connectivity index (χ0v) is 15.7. The smallest absolute Gasteiger partial charge is 0.226 e. The number of fused-ring (bicyclic) bond motifs is 1. The highest BCUT2D eigenvalue weighted by atomic mass is 19.1. The van der Waals surface area contributed by atoms with Crippen molar-refractivity contribution in [2.75, 3.05) is 17.2 Å². The second-order valence-electron chi connectivity index (χ2n) is 6.93. The molecule has 142 valence electrons. The van der Waals surface area contributed by atoms with Gasteiger partial charge in [0, 0.05) is 12.2 Å². The second-order valence-corrected chi connectivity index (χ2v) is 6.93. The summed E-state index contributed by atoms with van der Waals surface area (Å²) in [4.78, 5) is 9.30. The molecule has 0 aliphatic carbocycles. The maximum absolute atomic E-state index is 13.2. The van der Waals surface area contributed by atoms with E-state index in [1.54, 1.807) is 23.0 Å². The molecule has 0 spiro atoms. The van der Waals surface area contributed by atoms with Gasteiger partial charge in [-0.15, -0.1) is 0 Å². The number of nitrogens with one attached hydrogen (secondary N) is 2. The molecule has 0 fully saturated rings. The highest BCUT2D eigenvalue weighted by Crippen LogP contribution is 2.27. The molecule has 0 radical (unpaired) electrons. The van der Waals surface area contributed by atoms with Crippen LogP contribution in [-0.4, -0.2) is 26.3 Å². The molecule has 4 rings (SSSR count). The number of hydrogen-bond acceptors (Lipinski definition) is 5. The van der Waals surface area contributed by atoms with E-state index in [1.165, 1.54) is 12.1 Å². The van der Waals surface area contributed by atoms with E-state index in [1.807, 2.05) is 30.3 Å². The lowest BCUT2D eigenvalue weighted by molar-refractivity contribution is 0.628. The van der Waals surface area contributed by atoms with Crippen LogP contribution < -0.4 is 10.6 Å². The Kier molecular flexibility index (Phi) is 4.89. The van der Waals surface area contributed by atoms with Crippen molar-refractivity contribution in [1.82, 2.24) is 19.7 Å². The minimum Gasteiger partial charge on any atom is -0.354 e. The highest BCUT2D eigenvalue weighted by molar-refractivity contribution is 5.90. The van der Waals surface area contributed by atoms with Crippen molar-refractivity contribution < 1.29 is 4.39 Å². The Morgan fingerprint density at radius 2 is 1.75 bits per heavy atom. The molecule has 0 saturated heterocycles. The van der Waals surface area contributed by atoms with Gasteiger partial charge in [-0.3, -0.25) is 0 Å². The van der Waals surface area contributed by atoms with Crippen molar-refractivity contribution in [3.05, 3.63) is 66.6 Å². The molecular formula is C21H21FN6. The van der Waals surface area contributed by atoms with E-state index in [0.717, 1.165) is 23.3 Å². The summed E-state index contributed by atoms with van der Waals surface area (Å²) in [6.07, 6.45) is 1.74. The Balaban J connectivity index is 1.80. The van der Waals surface area contributed by atoms with Gasteiger partial charge in [-0.05, 0) is 42.3 Å². The first-order chi connectivity index (χ1) is 13.6. The SMILES string of the molecule is CC(C)CNc1nc(Nc2ccc(F)cc2)c2cnn(-c3ccccc3)c2n1. The quantitative estimate of drug-likeness (QED) is 0.507. The van der Waals surface area contributed by atoms with E-state index in [-0.39, 0.29) is 5.82 Å². The van der Waals surface area contributed by atoms with Crippen LogP contribution in [-0.2, 0) is 0 Å². The van der Waals surface area contributed by atoms with Gasteiger partial charge in [0.25, 0.3) is 0 Å². The lowest BCUT2D eigenvalue weighted by atomic mass is 10.2. The molecule has 0 atom stereocenters. The fourth-order valence-corrected chi connectivity index (χ4v) is 2.81. The Morgan fingerprint density at radius 1 is 1.00 bits per heavy atom. The van der Waals surface area contributed by atoms with Crippen LogP contribution in [0.4, 0.5) is 21.8 Å². The summed E-state index contributed by atoms with van der Waals surface area (Å²) >= 11 is 0. The maximum Gasteiger partial charge on any atom is 0.226 e. The Morgan fingerprint density at radius 3 is 2.46 bits per heavy atom. The van der Waals surface area contributed by atoms with Gasteiger partial charge in [-0.25, -0.2) is 9.07 Å². The van der Waals surface area contributed by atoms with Gasteiger partial charge < -0.3 is 10.6 Å². The van der Waals surface area contributed by atoms with Gasteiger partial charge in [-0.2, -0.15) is 15.1 Å². The number of anilines is 3. The van der Waals surface area contributed by atoms with Crippen LogP contribution >= 0.6 is 0 Å². The van der Waals surface area contributed by atoms with Gasteiger partial charge in [-0.1, -0.05) is 32.0 Å². The van der Waals surface area contributed by atoms with E-state index in [4.69, 9.17) is 0 Å². The normalized spacial score (nSPS) is 11.1. The predicted molar refractivity (Wildman–Crippen MR) is 110 cm³/mol. The molecular weight excluding hydrogens is 355 g/mol. The predicted octanol–water partition coefficient (Wildman–Crippen LogP) is 4.77. The lowest BCUT2D eigenvalue weighted by Gasteiger charge is -2.12. The minimum atomic E-state index is -0.283. The first-order valence-electron chi connectivity index (χ1n) is 9.18. The van der Waals surface area contributed by atoms with Crippen molar-refractivity contribution in [1.29, 1.82) is 0 Å². The standard InChI is InChI=1S/C21H21FN6/c1-14(2)12-23-21-26-19(25-16-10-8-15(22)9-11-16)18-13-24-28(20(18)27-21)17-6-4-3-5-7-17/h3-11,13-14H,12H2,1-2H3,(H2,23,25,26,27). The largest absolute Gasteiger partial charge is 0.354 e. The molecule has 2 aromatic heterocycles. The summed E-state index contributed by atoms with van der Waals surface area (Å²) in [7, 11) is 0. The van der Waals surface area contributed by atoms with Gasteiger partial charge in [0.1, 0.15) is 11.6 Å². The summed E-state index contributed by atoms with van der Waals surface area (Å²) in [6.45, 7) is 5.00. The molecule has 6 nitrogen and oxygen atoms in total. The monoisotopic (exact) mass is 376 g/mol. The molecule has 0 unspecified atom stereocenters. The number of rotatable bonds is 6. The number of aromatic nitrogens is 4. The van der Waals surface area contributed by atoms with Crippen molar-refractivity contribution >= 4 is 28.5 Å². The molecule has 0 saturated carbocycles. The molecule has 28 heavy (non-hydrogen) atoms. The summed E-state index contributed by atoms with van der Waals surface area (Å²) in [5, 5.41) is 11.8. The third-order valence-electron chi connectivity index (χ3n) is 4.20. The minimum absolute atomic E-state index is 0.283. The molecule has 0 aliphatic rings. The lowest BCUT2D eigenvalue weighted by Crippen LogP contribution is -2.12. The first-order valence-corrected chi connectivity index (χ1v) is 9.18. The average Bonchev–Trinajstić information content (AvgIpc) is 3.13. The molecule has 4 aromatic rings. The van der Waals surface area contributed by atoms with Crippen LogP contribution in [0.2, 0.25) is 0 Å². The molecule has 2 heterocycles. The zero-order chi connectivity index (χ0) is 19.5. The van der Waals surface area contributed by atoms with Crippen LogP contribution in [0.3, 0.4) is 0 Å². The fourth-order valence-electron chi connectivity index (χ4n) is 2.81. The van der Waals surface area contributed by atoms with E-state index >= 15 is 0 Å². The molecule has 0 amide bonds. The number of hydrogen-bond donors (Lipinski definition) is 2. The van der Waals surface area contributed by atoms with Crippen LogP contribution in [0.25, 0.3) is 16.7 Å². The highest BCUT2D eigenvalue weighted by Gasteiger charge is 2.14. The van der Waals surface area contributed by atoms with Crippen LogP contribution in [0.15, 0.2) is 60.8 Å². The van der Waals surface area contributed by atoms with Crippen molar-refractivity contribution in [3.63, 3.8) is 0 Å². The molecule has 0 bridgehead atoms. The van der Waals surface area contributed by atoms with Gasteiger partial charge in [0.05, 0.1) is 17.3 Å². The third kappa shape index (κ3) is 3.78. The molecule has 0 aliphatic heterocycles. The Hall–Kier alpha value is -3.48. The third-order valence-corrected chi connectivity index (χ3v) is 4.20. The maximum atomic E-state index is 13.2. The Labute approximate surface area is 162 Å². The topological polar surface area (TPSA) is 67.7 Å². The van der Waals surface area contributed by atoms with Gasteiger partial charge in [0.2, 0.25) is 5.95 Å². The molecule has 2 aromatic carbocycles. The van der Waals surface area contributed by atoms with Crippen molar-refractivity contribution in [2.24, 2.45) is 5.92 Å². The van der Waals surface area contributed by atoms with E-state index in [9.17, 15) is 4.39 Å². The van der Waals surface area contributed by atoms with Crippen molar-refractivity contribution in [3.8, 4) is 5.69 Å². The molecule has 7 heteroatoms. The average molecular weight is 376 g/mol. The summed E-state index contributed by atoms with van der Waals surface area (Å²) < 4.78 is 15.0. The van der Waals surface area contributed by atoms with E-state index in [0.29, 0.717) is 23.3 Å². The number of halogens is 1. The number of para-hydroxylation sites is 1. The second kappa shape index (κ2) is 7.64. The van der Waals surface area contributed by atoms with Crippen molar-refractivity contribution in [2.45, 2.75) is 13.8 Å². The zero-order valence-electron chi connectivity index (χ0n) is 15.7. The van der Waals surface area contributed by atoms with Gasteiger partial charge in [0.15, 0.2) is 5.65 Å². The van der Waals surface area contributed by atoms with Crippen LogP contribution in [0, 0.1) is 11.7 Å². The van der Waals surface area contributed by atoms with Crippen LogP contribution in [0.5, 0.6) is 0 Å². The number of nitrogens with zero attached hydrogens (tertiary/aromatic N) is 4. The summed E-state index contributed by atoms with van der Waals surface area (Å²) in [5.41, 5.74) is 2.35. The summed E-state index contributed by atoms with van der Waals surface area (Å²) in [5.74, 6) is 1.30. The van der Waals surface area contributed by atoms with Gasteiger partial charge >= 0.3 is 0 Å².